The topological polar surface area (TPSA) is 109 Å². The van der Waals surface area contributed by atoms with Crippen LogP contribution in [0.1, 0.15) is 58.9 Å². The van der Waals surface area contributed by atoms with Crippen LogP contribution in [0.2, 0.25) is 0 Å². The summed E-state index contributed by atoms with van der Waals surface area (Å²) in [4.78, 5) is 25.0. The van der Waals surface area contributed by atoms with Crippen LogP contribution in [0.3, 0.4) is 0 Å². The molecule has 0 radical (unpaired) electrons. The summed E-state index contributed by atoms with van der Waals surface area (Å²) >= 11 is 0. The average Bonchev–Trinajstić information content (AvgIpc) is 2.88. The van der Waals surface area contributed by atoms with Crippen molar-refractivity contribution >= 4 is 32.7 Å². The molecular formula is C28H37F3N6O3S. The zero-order valence-corrected chi connectivity index (χ0v) is 24.7. The van der Waals surface area contributed by atoms with Gasteiger partial charge in [0.1, 0.15) is 11.5 Å². The summed E-state index contributed by atoms with van der Waals surface area (Å²) in [6.07, 6.45) is 4.85. The molecule has 13 heteroatoms. The van der Waals surface area contributed by atoms with Crippen LogP contribution in [0.25, 0.3) is 22.2 Å². The van der Waals surface area contributed by atoms with Crippen molar-refractivity contribution < 1.29 is 21.6 Å². The van der Waals surface area contributed by atoms with E-state index in [9.17, 15) is 26.4 Å². The number of pyridine rings is 1. The molecule has 2 N–H and O–H groups in total. The Kier molecular flexibility index (Phi) is 8.98. The predicted molar refractivity (Wildman–Crippen MR) is 156 cm³/mol. The maximum atomic E-state index is 15.0. The van der Waals surface area contributed by atoms with Crippen molar-refractivity contribution in [2.45, 2.75) is 76.9 Å². The van der Waals surface area contributed by atoms with Crippen molar-refractivity contribution in [3.63, 3.8) is 0 Å². The minimum atomic E-state index is -4.20. The van der Waals surface area contributed by atoms with Crippen LogP contribution < -0.4 is 15.6 Å². The van der Waals surface area contributed by atoms with Gasteiger partial charge in [0.2, 0.25) is 21.9 Å². The van der Waals surface area contributed by atoms with Gasteiger partial charge in [-0.2, -0.15) is 4.98 Å². The summed E-state index contributed by atoms with van der Waals surface area (Å²) in [5.41, 5.74) is 0.0901. The van der Waals surface area contributed by atoms with E-state index in [1.165, 1.54) is 16.7 Å². The summed E-state index contributed by atoms with van der Waals surface area (Å²) < 4.78 is 69.1. The molecule has 41 heavy (non-hydrogen) atoms. The first-order chi connectivity index (χ1) is 19.1. The van der Waals surface area contributed by atoms with E-state index in [1.807, 2.05) is 18.6 Å². The molecule has 0 aliphatic heterocycles. The summed E-state index contributed by atoms with van der Waals surface area (Å²) in [6.45, 7) is 4.31. The molecule has 1 aliphatic carbocycles. The standard InChI is InChI=1S/C28H37F3N6O3S/c1-17(2)37-25-19(16-32-27(34-25)33-20-7-9-21(10-8-20)36(4)5)14-22(26(37)38)18-6-11-24(23(29)15-18)35-41(39,40)13-12-28(3,30)31/h6,11,14-17,20-21,35H,7-10,12-13H2,1-5H3,(H,32,33,34). The first-order valence-corrected chi connectivity index (χ1v) is 15.3. The molecule has 1 saturated carbocycles. The van der Waals surface area contributed by atoms with E-state index in [1.54, 1.807) is 12.3 Å². The molecule has 2 heterocycles. The molecule has 0 unspecified atom stereocenters. The van der Waals surface area contributed by atoms with Gasteiger partial charge in [0.15, 0.2) is 0 Å². The molecule has 0 saturated heterocycles. The SMILES string of the molecule is CC(C)n1c(=O)c(-c2ccc(NS(=O)(=O)CCC(C)(F)F)c(F)c2)cc2cnc(NC3CCC(N(C)C)CC3)nc21. The summed E-state index contributed by atoms with van der Waals surface area (Å²) in [5, 5.41) is 3.99. The van der Waals surface area contributed by atoms with Crippen molar-refractivity contribution in [2.24, 2.45) is 0 Å². The maximum Gasteiger partial charge on any atom is 0.260 e. The Morgan fingerprint density at radius 3 is 2.41 bits per heavy atom. The van der Waals surface area contributed by atoms with Crippen molar-refractivity contribution in [3.05, 3.63) is 46.6 Å². The van der Waals surface area contributed by atoms with Gasteiger partial charge in [0.25, 0.3) is 5.56 Å². The Morgan fingerprint density at radius 1 is 1.15 bits per heavy atom. The monoisotopic (exact) mass is 594 g/mol. The smallest absolute Gasteiger partial charge is 0.260 e. The largest absolute Gasteiger partial charge is 0.351 e. The van der Waals surface area contributed by atoms with Crippen LogP contribution in [-0.4, -0.2) is 65.7 Å². The summed E-state index contributed by atoms with van der Waals surface area (Å²) in [5.74, 6) is -4.54. The lowest BCUT2D eigenvalue weighted by atomic mass is 9.91. The summed E-state index contributed by atoms with van der Waals surface area (Å²) in [6, 6.07) is 5.73. The highest BCUT2D eigenvalue weighted by molar-refractivity contribution is 7.92. The van der Waals surface area contributed by atoms with Crippen molar-refractivity contribution in [1.82, 2.24) is 19.4 Å². The molecular weight excluding hydrogens is 557 g/mol. The van der Waals surface area contributed by atoms with Crippen LogP contribution in [-0.2, 0) is 10.0 Å². The normalized spacial score (nSPS) is 18.3. The van der Waals surface area contributed by atoms with Crippen LogP contribution in [0, 0.1) is 5.82 Å². The number of benzene rings is 1. The van der Waals surface area contributed by atoms with E-state index >= 15 is 0 Å². The third-order valence-corrected chi connectivity index (χ3v) is 8.68. The first-order valence-electron chi connectivity index (χ1n) is 13.7. The minimum Gasteiger partial charge on any atom is -0.351 e. The van der Waals surface area contributed by atoms with Gasteiger partial charge in [0, 0.05) is 41.7 Å². The molecule has 0 bridgehead atoms. The number of fused-ring (bicyclic) bond motifs is 1. The molecule has 0 atom stereocenters. The van der Waals surface area contributed by atoms with Crippen molar-refractivity contribution in [3.8, 4) is 11.1 Å². The second kappa shape index (κ2) is 12.0. The Bertz CT molecular complexity index is 1560. The van der Waals surface area contributed by atoms with Crippen LogP contribution in [0.15, 0.2) is 35.3 Å². The maximum absolute atomic E-state index is 15.0. The number of hydrogen-bond donors (Lipinski definition) is 2. The van der Waals surface area contributed by atoms with E-state index < -0.39 is 39.6 Å². The van der Waals surface area contributed by atoms with E-state index in [-0.39, 0.29) is 28.8 Å². The van der Waals surface area contributed by atoms with Crippen LogP contribution in [0.4, 0.5) is 24.8 Å². The Labute approximate surface area is 238 Å². The van der Waals surface area contributed by atoms with E-state index in [0.717, 1.165) is 31.7 Å². The highest BCUT2D eigenvalue weighted by atomic mass is 32.2. The minimum absolute atomic E-state index is 0.191. The fourth-order valence-corrected chi connectivity index (χ4v) is 6.32. The van der Waals surface area contributed by atoms with E-state index in [2.05, 4.69) is 34.3 Å². The van der Waals surface area contributed by atoms with Gasteiger partial charge in [-0.15, -0.1) is 0 Å². The van der Waals surface area contributed by atoms with Crippen LogP contribution >= 0.6 is 0 Å². The third-order valence-electron chi connectivity index (χ3n) is 7.41. The van der Waals surface area contributed by atoms with Gasteiger partial charge in [-0.25, -0.2) is 26.6 Å². The van der Waals surface area contributed by atoms with Gasteiger partial charge >= 0.3 is 0 Å². The number of nitrogens with zero attached hydrogens (tertiary/aromatic N) is 4. The summed E-state index contributed by atoms with van der Waals surface area (Å²) in [7, 11) is -0.0210. The second-order valence-corrected chi connectivity index (χ2v) is 13.2. The second-order valence-electron chi connectivity index (χ2n) is 11.3. The van der Waals surface area contributed by atoms with Gasteiger partial charge in [-0.05, 0) is 84.3 Å². The van der Waals surface area contributed by atoms with Gasteiger partial charge in [-0.1, -0.05) is 6.07 Å². The predicted octanol–water partition coefficient (Wildman–Crippen LogP) is 5.25. The van der Waals surface area contributed by atoms with Crippen molar-refractivity contribution in [2.75, 3.05) is 29.9 Å². The first kappa shape index (κ1) is 30.8. The fourth-order valence-electron chi connectivity index (χ4n) is 5.09. The van der Waals surface area contributed by atoms with E-state index in [0.29, 0.717) is 29.9 Å². The number of rotatable bonds is 10. The lowest BCUT2D eigenvalue weighted by Crippen LogP contribution is -2.36. The fraction of sp³-hybridized carbons (Fsp3) is 0.536. The number of nitrogens with one attached hydrogen (secondary N) is 2. The molecule has 1 aliphatic rings. The van der Waals surface area contributed by atoms with Crippen molar-refractivity contribution in [1.29, 1.82) is 0 Å². The molecule has 224 valence electrons. The molecule has 4 rings (SSSR count). The number of sulfonamides is 1. The molecule has 0 spiro atoms. The number of anilines is 2. The average molecular weight is 595 g/mol. The quantitative estimate of drug-likeness (QED) is 0.330. The zero-order chi connectivity index (χ0) is 30.1. The molecule has 1 aromatic carbocycles. The van der Waals surface area contributed by atoms with Gasteiger partial charge in [0.05, 0.1) is 11.4 Å². The Hall–Kier alpha value is -3.19. The van der Waals surface area contributed by atoms with Gasteiger partial charge in [-0.3, -0.25) is 14.1 Å². The lowest BCUT2D eigenvalue weighted by Gasteiger charge is -2.33. The van der Waals surface area contributed by atoms with Gasteiger partial charge < -0.3 is 10.2 Å². The zero-order valence-electron chi connectivity index (χ0n) is 23.9. The molecule has 9 nitrogen and oxygen atoms in total. The Morgan fingerprint density at radius 2 is 1.83 bits per heavy atom. The van der Waals surface area contributed by atoms with E-state index in [4.69, 9.17) is 0 Å². The number of aromatic nitrogens is 3. The molecule has 1 fully saturated rings. The molecule has 2 aromatic heterocycles. The van der Waals surface area contributed by atoms with Crippen LogP contribution in [0.5, 0.6) is 0 Å². The molecule has 0 amide bonds. The number of halogens is 3. The lowest BCUT2D eigenvalue weighted by molar-refractivity contribution is 0.0189. The third kappa shape index (κ3) is 7.56. The number of hydrogen-bond acceptors (Lipinski definition) is 7. The highest BCUT2D eigenvalue weighted by Crippen LogP contribution is 2.28. The number of alkyl halides is 2. The Balaban J connectivity index is 1.61. The highest BCUT2D eigenvalue weighted by Gasteiger charge is 2.26. The molecule has 3 aromatic rings.